The maximum absolute atomic E-state index is 10.9. The topological polar surface area (TPSA) is 20.2 Å². The molecule has 2 rings (SSSR count). The van der Waals surface area contributed by atoms with E-state index in [0.29, 0.717) is 0 Å². The summed E-state index contributed by atoms with van der Waals surface area (Å²) in [6, 6.07) is 10.4. The predicted octanol–water partition coefficient (Wildman–Crippen LogP) is 4.56. The second kappa shape index (κ2) is 5.80. The van der Waals surface area contributed by atoms with Crippen LogP contribution in [0, 0.1) is 27.7 Å². The average Bonchev–Trinajstić information content (AvgIpc) is 2.45. The zero-order valence-corrected chi connectivity index (χ0v) is 13.1. The van der Waals surface area contributed by atoms with Crippen molar-refractivity contribution in [3.05, 3.63) is 69.3 Å². The van der Waals surface area contributed by atoms with Crippen molar-refractivity contribution >= 4 is 0 Å². The normalized spacial score (nSPS) is 12.5. The number of aliphatic hydroxyl groups excluding tert-OH is 1. The first-order valence-electron chi connectivity index (χ1n) is 7.30. The maximum atomic E-state index is 10.9. The molecule has 106 valence electrons. The van der Waals surface area contributed by atoms with Crippen LogP contribution in [0.2, 0.25) is 0 Å². The molecule has 1 heteroatoms. The van der Waals surface area contributed by atoms with Gasteiger partial charge in [-0.3, -0.25) is 0 Å². The van der Waals surface area contributed by atoms with Gasteiger partial charge in [0.05, 0.1) is 0 Å². The molecule has 2 aromatic carbocycles. The molecule has 2 aromatic rings. The molecule has 0 aromatic heterocycles. The van der Waals surface area contributed by atoms with E-state index < -0.39 is 6.10 Å². The summed E-state index contributed by atoms with van der Waals surface area (Å²) in [5.41, 5.74) is 8.22. The highest BCUT2D eigenvalue weighted by Gasteiger charge is 2.19. The lowest BCUT2D eigenvalue weighted by Crippen LogP contribution is -2.09. The Morgan fingerprint density at radius 1 is 0.950 bits per heavy atom. The van der Waals surface area contributed by atoms with Gasteiger partial charge in [0.15, 0.2) is 0 Å². The molecule has 0 aliphatic carbocycles. The fraction of sp³-hybridized carbons (Fsp3) is 0.368. The van der Waals surface area contributed by atoms with E-state index in [4.69, 9.17) is 0 Å². The fourth-order valence-corrected chi connectivity index (χ4v) is 2.94. The van der Waals surface area contributed by atoms with Gasteiger partial charge in [0.2, 0.25) is 0 Å². The first kappa shape index (κ1) is 14.8. The lowest BCUT2D eigenvalue weighted by Gasteiger charge is -2.22. The summed E-state index contributed by atoms with van der Waals surface area (Å²) in [6.45, 7) is 10.6. The number of aliphatic hydroxyl groups is 1. The molecule has 0 heterocycles. The van der Waals surface area contributed by atoms with Crippen molar-refractivity contribution in [1.82, 2.24) is 0 Å². The van der Waals surface area contributed by atoms with Gasteiger partial charge in [-0.2, -0.15) is 0 Å². The summed E-state index contributed by atoms with van der Waals surface area (Å²) in [6.07, 6.45) is 0.403. The number of aryl methyl sites for hydroxylation is 3. The third-order valence-electron chi connectivity index (χ3n) is 4.43. The lowest BCUT2D eigenvalue weighted by molar-refractivity contribution is 0.217. The Bertz CT molecular complexity index is 600. The van der Waals surface area contributed by atoms with Gasteiger partial charge in [0.25, 0.3) is 0 Å². The summed E-state index contributed by atoms with van der Waals surface area (Å²) in [7, 11) is 0. The molecule has 0 amide bonds. The van der Waals surface area contributed by atoms with Crippen LogP contribution < -0.4 is 0 Å². The van der Waals surface area contributed by atoms with Crippen LogP contribution in [0.3, 0.4) is 0 Å². The minimum atomic E-state index is -0.537. The third-order valence-corrected chi connectivity index (χ3v) is 4.43. The van der Waals surface area contributed by atoms with Crippen LogP contribution in [0.15, 0.2) is 30.3 Å². The standard InChI is InChI=1S/C19H24O/c1-6-16-9-7-8-10-17(16)19(20)18-14(4)12(2)11-13(3)15(18)5/h7-11,19-20H,6H2,1-5H3. The van der Waals surface area contributed by atoms with Crippen LogP contribution in [-0.4, -0.2) is 5.11 Å². The Morgan fingerprint density at radius 3 is 2.05 bits per heavy atom. The maximum Gasteiger partial charge on any atom is 0.105 e. The quantitative estimate of drug-likeness (QED) is 0.865. The van der Waals surface area contributed by atoms with Gasteiger partial charge < -0.3 is 5.11 Å². The van der Waals surface area contributed by atoms with Crippen LogP contribution in [0.1, 0.15) is 52.0 Å². The number of benzene rings is 2. The highest BCUT2D eigenvalue weighted by Crippen LogP contribution is 2.32. The molecular formula is C19H24O. The van der Waals surface area contributed by atoms with E-state index in [1.54, 1.807) is 0 Å². The van der Waals surface area contributed by atoms with Gasteiger partial charge in [-0.25, -0.2) is 0 Å². The molecule has 0 fully saturated rings. The van der Waals surface area contributed by atoms with Crippen molar-refractivity contribution in [2.24, 2.45) is 0 Å². The van der Waals surface area contributed by atoms with Gasteiger partial charge in [-0.1, -0.05) is 37.3 Å². The molecule has 20 heavy (non-hydrogen) atoms. The predicted molar refractivity (Wildman–Crippen MR) is 85.3 cm³/mol. The highest BCUT2D eigenvalue weighted by molar-refractivity contribution is 5.49. The number of hydrogen-bond donors (Lipinski definition) is 1. The van der Waals surface area contributed by atoms with Gasteiger partial charge in [0.1, 0.15) is 6.10 Å². The van der Waals surface area contributed by atoms with Crippen LogP contribution >= 0.6 is 0 Å². The van der Waals surface area contributed by atoms with Crippen molar-refractivity contribution in [2.45, 2.75) is 47.1 Å². The molecule has 1 N–H and O–H groups in total. The largest absolute Gasteiger partial charge is 0.384 e. The van der Waals surface area contributed by atoms with Crippen LogP contribution in [0.25, 0.3) is 0 Å². The third kappa shape index (κ3) is 2.51. The second-order valence-corrected chi connectivity index (χ2v) is 5.63. The zero-order chi connectivity index (χ0) is 14.9. The molecule has 1 atom stereocenters. The fourth-order valence-electron chi connectivity index (χ4n) is 2.94. The van der Waals surface area contributed by atoms with E-state index in [1.165, 1.54) is 27.8 Å². The van der Waals surface area contributed by atoms with Gasteiger partial charge >= 0.3 is 0 Å². The molecule has 0 aliphatic heterocycles. The molecule has 0 bridgehead atoms. The lowest BCUT2D eigenvalue weighted by atomic mass is 9.86. The smallest absolute Gasteiger partial charge is 0.105 e. The van der Waals surface area contributed by atoms with Crippen molar-refractivity contribution < 1.29 is 5.11 Å². The van der Waals surface area contributed by atoms with Crippen LogP contribution in [-0.2, 0) is 6.42 Å². The monoisotopic (exact) mass is 268 g/mol. The molecule has 0 saturated carbocycles. The van der Waals surface area contributed by atoms with E-state index >= 15 is 0 Å². The Balaban J connectivity index is 2.62. The van der Waals surface area contributed by atoms with E-state index in [9.17, 15) is 5.11 Å². The zero-order valence-electron chi connectivity index (χ0n) is 13.1. The summed E-state index contributed by atoms with van der Waals surface area (Å²) < 4.78 is 0. The van der Waals surface area contributed by atoms with Gasteiger partial charge in [-0.05, 0) is 73.1 Å². The minimum Gasteiger partial charge on any atom is -0.384 e. The Kier molecular flexibility index (Phi) is 4.29. The molecular weight excluding hydrogens is 244 g/mol. The van der Waals surface area contributed by atoms with Crippen molar-refractivity contribution in [3.63, 3.8) is 0 Å². The Labute approximate surface area is 122 Å². The summed E-state index contributed by atoms with van der Waals surface area (Å²) >= 11 is 0. The van der Waals surface area contributed by atoms with Gasteiger partial charge in [0, 0.05) is 0 Å². The molecule has 1 unspecified atom stereocenters. The van der Waals surface area contributed by atoms with E-state index in [1.807, 2.05) is 18.2 Å². The minimum absolute atomic E-state index is 0.537. The van der Waals surface area contributed by atoms with Crippen molar-refractivity contribution in [2.75, 3.05) is 0 Å². The van der Waals surface area contributed by atoms with E-state index in [-0.39, 0.29) is 0 Å². The first-order valence-corrected chi connectivity index (χ1v) is 7.30. The first-order chi connectivity index (χ1) is 9.47. The summed E-state index contributed by atoms with van der Waals surface area (Å²) in [4.78, 5) is 0. The molecule has 0 aliphatic rings. The number of rotatable bonds is 3. The molecule has 1 nitrogen and oxygen atoms in total. The number of hydrogen-bond acceptors (Lipinski definition) is 1. The van der Waals surface area contributed by atoms with E-state index in [2.05, 4.69) is 46.8 Å². The average molecular weight is 268 g/mol. The molecule has 0 saturated heterocycles. The summed E-state index contributed by atoms with van der Waals surface area (Å²) in [5.74, 6) is 0. The Morgan fingerprint density at radius 2 is 1.50 bits per heavy atom. The van der Waals surface area contributed by atoms with Crippen molar-refractivity contribution in [3.8, 4) is 0 Å². The van der Waals surface area contributed by atoms with Crippen LogP contribution in [0.5, 0.6) is 0 Å². The van der Waals surface area contributed by atoms with Gasteiger partial charge in [-0.15, -0.1) is 0 Å². The Hall–Kier alpha value is -1.60. The highest BCUT2D eigenvalue weighted by atomic mass is 16.3. The van der Waals surface area contributed by atoms with Crippen LogP contribution in [0.4, 0.5) is 0 Å². The van der Waals surface area contributed by atoms with Crippen molar-refractivity contribution in [1.29, 1.82) is 0 Å². The van der Waals surface area contributed by atoms with E-state index in [0.717, 1.165) is 17.5 Å². The SMILES string of the molecule is CCc1ccccc1C(O)c1c(C)c(C)cc(C)c1C. The molecule has 0 spiro atoms. The molecule has 0 radical (unpaired) electrons. The second-order valence-electron chi connectivity index (χ2n) is 5.63. The summed E-state index contributed by atoms with van der Waals surface area (Å²) in [5, 5.41) is 10.9.